The molecule has 2 N–H and O–H groups in total. The molecule has 6 heteroatoms. The molecule has 3 aliphatic rings. The van der Waals surface area contributed by atoms with E-state index >= 15 is 0 Å². The number of carbonyl (C=O) groups is 1. The Labute approximate surface area is 139 Å². The number of hydrogen-bond acceptors (Lipinski definition) is 5. The van der Waals surface area contributed by atoms with Gasteiger partial charge in [0.05, 0.1) is 6.04 Å². The Hall–Kier alpha value is -3.02. The van der Waals surface area contributed by atoms with Crippen LogP contribution in [0.5, 0.6) is 11.5 Å². The summed E-state index contributed by atoms with van der Waals surface area (Å²) in [6, 6.07) is 7.45. The third-order valence-corrected chi connectivity index (χ3v) is 4.12. The minimum atomic E-state index is -0.687. The molecule has 122 valence electrons. The van der Waals surface area contributed by atoms with Crippen molar-refractivity contribution < 1.29 is 14.3 Å². The van der Waals surface area contributed by atoms with E-state index in [1.54, 1.807) is 12.3 Å². The zero-order chi connectivity index (χ0) is 16.4. The van der Waals surface area contributed by atoms with E-state index in [4.69, 9.17) is 9.47 Å². The number of hydrogen-bond donors (Lipinski definition) is 2. The highest BCUT2D eigenvalue weighted by atomic mass is 16.6. The Balaban J connectivity index is 1.33. The van der Waals surface area contributed by atoms with Crippen LogP contribution >= 0.6 is 0 Å². The van der Waals surface area contributed by atoms with Crippen molar-refractivity contribution in [3.05, 3.63) is 60.3 Å². The van der Waals surface area contributed by atoms with Crippen molar-refractivity contribution in [1.82, 2.24) is 10.9 Å². The molecule has 1 aromatic rings. The van der Waals surface area contributed by atoms with Gasteiger partial charge in [0.15, 0.2) is 11.5 Å². The van der Waals surface area contributed by atoms with Crippen LogP contribution in [0.15, 0.2) is 65.3 Å². The Morgan fingerprint density at radius 1 is 1.21 bits per heavy atom. The number of benzene rings is 1. The first-order valence-electron chi connectivity index (χ1n) is 7.83. The van der Waals surface area contributed by atoms with Gasteiger partial charge < -0.3 is 14.9 Å². The van der Waals surface area contributed by atoms with E-state index in [9.17, 15) is 4.79 Å². The lowest BCUT2D eigenvalue weighted by Crippen LogP contribution is -2.47. The lowest BCUT2D eigenvalue weighted by atomic mass is 9.92. The molecule has 0 bridgehead atoms. The molecule has 2 aliphatic heterocycles. The molecule has 4 rings (SSSR count). The fourth-order valence-electron chi connectivity index (χ4n) is 2.86. The van der Waals surface area contributed by atoms with Crippen molar-refractivity contribution in [1.29, 1.82) is 0 Å². The molecule has 0 unspecified atom stereocenters. The normalized spacial score (nSPS) is 27.8. The molecule has 3 atom stereocenters. The first-order chi connectivity index (χ1) is 11.8. The number of allylic oxidation sites excluding steroid dienone is 2. The maximum Gasteiger partial charge on any atom is 0.282 e. The number of ether oxygens (including phenoxy) is 2. The smallest absolute Gasteiger partial charge is 0.282 e. The monoisotopic (exact) mass is 323 g/mol. The van der Waals surface area contributed by atoms with Crippen LogP contribution in [0.4, 0.5) is 0 Å². The summed E-state index contributed by atoms with van der Waals surface area (Å²) < 4.78 is 11.2. The number of aliphatic imine (C=N–C) groups is 1. The van der Waals surface area contributed by atoms with Gasteiger partial charge in [-0.1, -0.05) is 36.4 Å². The fraction of sp³-hybridized carbons (Fsp3) is 0.222. The van der Waals surface area contributed by atoms with Crippen LogP contribution in [0.1, 0.15) is 0 Å². The van der Waals surface area contributed by atoms with E-state index in [1.165, 1.54) is 0 Å². The van der Waals surface area contributed by atoms with Gasteiger partial charge in [0.2, 0.25) is 6.10 Å². The quantitative estimate of drug-likeness (QED) is 0.828. The number of rotatable bonds is 3. The van der Waals surface area contributed by atoms with Crippen LogP contribution < -0.4 is 20.3 Å². The average molecular weight is 323 g/mol. The van der Waals surface area contributed by atoms with Gasteiger partial charge in [0, 0.05) is 18.3 Å². The molecule has 2 heterocycles. The van der Waals surface area contributed by atoms with Crippen molar-refractivity contribution >= 4 is 12.1 Å². The predicted octanol–water partition coefficient (Wildman–Crippen LogP) is 1.53. The second kappa shape index (κ2) is 6.23. The van der Waals surface area contributed by atoms with Crippen LogP contribution in [0.2, 0.25) is 0 Å². The summed E-state index contributed by atoms with van der Waals surface area (Å²) in [5.74, 6) is 1.17. The maximum atomic E-state index is 12.2. The SMILES string of the molecule is O=C(NNC=C1C=N[C@H]2C=CC=C[C@H]12)[C@H]1COc2ccccc2O1. The molecular formula is C18H17N3O3. The highest BCUT2D eigenvalue weighted by Gasteiger charge is 2.28. The fourth-order valence-corrected chi connectivity index (χ4v) is 2.86. The molecule has 1 aromatic carbocycles. The second-order valence-corrected chi connectivity index (χ2v) is 5.71. The van der Waals surface area contributed by atoms with Crippen LogP contribution in [-0.2, 0) is 4.79 Å². The van der Waals surface area contributed by atoms with E-state index < -0.39 is 6.10 Å². The summed E-state index contributed by atoms with van der Waals surface area (Å²) >= 11 is 0. The number of fused-ring (bicyclic) bond motifs is 2. The Kier molecular flexibility index (Phi) is 3.78. The zero-order valence-corrected chi connectivity index (χ0v) is 12.9. The van der Waals surface area contributed by atoms with Crippen LogP contribution in [0.3, 0.4) is 0 Å². The van der Waals surface area contributed by atoms with Crippen LogP contribution in [0.25, 0.3) is 0 Å². The summed E-state index contributed by atoms with van der Waals surface area (Å²) in [4.78, 5) is 16.6. The van der Waals surface area contributed by atoms with E-state index in [1.807, 2.05) is 36.6 Å². The number of nitrogens with one attached hydrogen (secondary N) is 2. The van der Waals surface area contributed by atoms with Gasteiger partial charge >= 0.3 is 0 Å². The standard InChI is InChI=1S/C18H17N3O3/c22-18(17-11-23-15-7-3-4-8-16(15)24-17)21-20-10-12-9-19-14-6-2-1-5-13(12)14/h1-10,13-14,17,20H,11H2,(H,21,22)/t13-,14+,17-/m1/s1. The lowest BCUT2D eigenvalue weighted by molar-refractivity contribution is -0.131. The summed E-state index contributed by atoms with van der Waals surface area (Å²) in [5.41, 5.74) is 6.49. The summed E-state index contributed by atoms with van der Waals surface area (Å²) in [5, 5.41) is 0. The minimum Gasteiger partial charge on any atom is -0.485 e. The molecule has 1 aliphatic carbocycles. The Bertz CT molecular complexity index is 767. The molecule has 6 nitrogen and oxygen atoms in total. The highest BCUT2D eigenvalue weighted by Crippen LogP contribution is 2.31. The van der Waals surface area contributed by atoms with Gasteiger partial charge in [0.25, 0.3) is 5.91 Å². The first kappa shape index (κ1) is 14.6. The van der Waals surface area contributed by atoms with Crippen molar-refractivity contribution in [2.45, 2.75) is 12.1 Å². The van der Waals surface area contributed by atoms with E-state index in [2.05, 4.69) is 28.0 Å². The van der Waals surface area contributed by atoms with Gasteiger partial charge in [-0.25, -0.2) is 0 Å². The summed E-state index contributed by atoms with van der Waals surface area (Å²) in [6.45, 7) is 0.181. The largest absolute Gasteiger partial charge is 0.485 e. The Morgan fingerprint density at radius 2 is 2.04 bits per heavy atom. The van der Waals surface area contributed by atoms with Crippen molar-refractivity contribution in [2.75, 3.05) is 6.61 Å². The van der Waals surface area contributed by atoms with E-state index in [-0.39, 0.29) is 24.5 Å². The number of carbonyl (C=O) groups excluding carboxylic acids is 1. The molecule has 0 aromatic heterocycles. The molecular weight excluding hydrogens is 306 g/mol. The summed E-state index contributed by atoms with van der Waals surface area (Å²) in [6.07, 6.45) is 11.1. The average Bonchev–Trinajstić information content (AvgIpc) is 3.04. The summed E-state index contributed by atoms with van der Waals surface area (Å²) in [7, 11) is 0. The zero-order valence-electron chi connectivity index (χ0n) is 12.9. The third-order valence-electron chi connectivity index (χ3n) is 4.12. The van der Waals surface area contributed by atoms with Crippen LogP contribution in [-0.4, -0.2) is 30.9 Å². The van der Waals surface area contributed by atoms with Gasteiger partial charge in [-0.2, -0.15) is 0 Å². The van der Waals surface area contributed by atoms with Gasteiger partial charge in [-0.3, -0.25) is 15.2 Å². The van der Waals surface area contributed by atoms with Gasteiger partial charge in [-0.05, 0) is 17.7 Å². The third kappa shape index (κ3) is 2.78. The molecule has 0 saturated heterocycles. The molecule has 0 saturated carbocycles. The van der Waals surface area contributed by atoms with Crippen molar-refractivity contribution in [3.8, 4) is 11.5 Å². The second-order valence-electron chi connectivity index (χ2n) is 5.71. The van der Waals surface area contributed by atoms with Gasteiger partial charge in [0.1, 0.15) is 6.61 Å². The van der Waals surface area contributed by atoms with E-state index in [0.29, 0.717) is 11.5 Å². The topological polar surface area (TPSA) is 72.0 Å². The van der Waals surface area contributed by atoms with Crippen molar-refractivity contribution in [2.24, 2.45) is 10.9 Å². The number of nitrogens with zero attached hydrogens (tertiary/aromatic N) is 1. The first-order valence-corrected chi connectivity index (χ1v) is 7.83. The maximum absolute atomic E-state index is 12.2. The number of para-hydroxylation sites is 2. The molecule has 0 fully saturated rings. The minimum absolute atomic E-state index is 0.158. The molecule has 0 radical (unpaired) electrons. The van der Waals surface area contributed by atoms with E-state index in [0.717, 1.165) is 5.57 Å². The predicted molar refractivity (Wildman–Crippen MR) is 89.8 cm³/mol. The van der Waals surface area contributed by atoms with Crippen LogP contribution in [0, 0.1) is 5.92 Å². The van der Waals surface area contributed by atoms with Crippen molar-refractivity contribution in [3.63, 3.8) is 0 Å². The molecule has 24 heavy (non-hydrogen) atoms. The Morgan fingerprint density at radius 3 is 2.96 bits per heavy atom. The molecule has 1 amide bonds. The number of hydrazine groups is 1. The number of amides is 1. The lowest BCUT2D eigenvalue weighted by Gasteiger charge is -2.25. The molecule has 0 spiro atoms. The highest BCUT2D eigenvalue weighted by molar-refractivity contribution is 5.84. The van der Waals surface area contributed by atoms with Gasteiger partial charge in [-0.15, -0.1) is 0 Å².